The predicted molar refractivity (Wildman–Crippen MR) is 169 cm³/mol. The van der Waals surface area contributed by atoms with E-state index >= 15 is 0 Å². The number of nitrogens with zero attached hydrogens (tertiary/aromatic N) is 4. The summed E-state index contributed by atoms with van der Waals surface area (Å²) in [6.07, 6.45) is 6.59. The molecule has 0 bridgehead atoms. The molecule has 1 fully saturated rings. The van der Waals surface area contributed by atoms with Crippen LogP contribution in [0.5, 0.6) is 0 Å². The van der Waals surface area contributed by atoms with Gasteiger partial charge >= 0.3 is 5.97 Å². The Labute approximate surface area is 249 Å². The number of esters is 1. The summed E-state index contributed by atoms with van der Waals surface area (Å²) >= 11 is 0. The maximum Gasteiger partial charge on any atom is 0.305 e. The maximum atomic E-state index is 11.4. The fourth-order valence-electron chi connectivity index (χ4n) is 5.65. The quantitative estimate of drug-likeness (QED) is 0.134. The van der Waals surface area contributed by atoms with Crippen LogP contribution in [0.25, 0.3) is 22.3 Å². The number of carbonyl (C=O) groups is 1. The van der Waals surface area contributed by atoms with Crippen molar-refractivity contribution in [2.24, 2.45) is 0 Å². The van der Waals surface area contributed by atoms with Crippen LogP contribution in [0.2, 0.25) is 0 Å². The van der Waals surface area contributed by atoms with E-state index in [2.05, 4.69) is 91.6 Å². The van der Waals surface area contributed by atoms with Gasteiger partial charge in [0.25, 0.3) is 0 Å². The monoisotopic (exact) mass is 568 g/mol. The van der Waals surface area contributed by atoms with Crippen LogP contribution in [-0.2, 0) is 16.1 Å². The lowest BCUT2D eigenvalue weighted by Gasteiger charge is -2.34. The van der Waals surface area contributed by atoms with E-state index in [9.17, 15) is 4.79 Å². The van der Waals surface area contributed by atoms with Crippen molar-refractivity contribution in [3.8, 4) is 11.3 Å². The van der Waals surface area contributed by atoms with Crippen LogP contribution in [0, 0.1) is 0 Å². The summed E-state index contributed by atoms with van der Waals surface area (Å²) in [6.45, 7) is 11.1. The van der Waals surface area contributed by atoms with E-state index in [0.29, 0.717) is 13.0 Å². The molecule has 4 aromatic rings. The van der Waals surface area contributed by atoms with Crippen molar-refractivity contribution >= 4 is 22.8 Å². The Bertz CT molecular complexity index is 1400. The highest BCUT2D eigenvalue weighted by atomic mass is 16.5. The van der Waals surface area contributed by atoms with Crippen LogP contribution < -0.4 is 5.32 Å². The average Bonchev–Trinajstić information content (AvgIpc) is 3.46. The lowest BCUT2D eigenvalue weighted by molar-refractivity contribution is -0.143. The first-order chi connectivity index (χ1) is 20.6. The predicted octanol–water partition coefficient (Wildman–Crippen LogP) is 6.43. The average molecular weight is 569 g/mol. The van der Waals surface area contributed by atoms with Gasteiger partial charge in [-0.25, -0.2) is 9.97 Å². The van der Waals surface area contributed by atoms with Crippen LogP contribution >= 0.6 is 0 Å². The Hall–Kier alpha value is -3.75. The number of piperazine rings is 1. The van der Waals surface area contributed by atoms with Crippen LogP contribution in [0.15, 0.2) is 67.0 Å². The van der Waals surface area contributed by atoms with Gasteiger partial charge in [0, 0.05) is 50.9 Å². The molecule has 0 amide bonds. The summed E-state index contributed by atoms with van der Waals surface area (Å²) < 4.78 is 5.00. The number of anilines is 1. The van der Waals surface area contributed by atoms with E-state index in [1.165, 1.54) is 24.0 Å². The number of hydrogen-bond acceptors (Lipinski definition) is 7. The molecule has 5 rings (SSSR count). The van der Waals surface area contributed by atoms with Gasteiger partial charge in [0.2, 0.25) is 0 Å². The van der Waals surface area contributed by atoms with Gasteiger partial charge in [-0.1, -0.05) is 67.4 Å². The zero-order chi connectivity index (χ0) is 29.1. The van der Waals surface area contributed by atoms with Crippen LogP contribution in [0.1, 0.15) is 63.1 Å². The molecule has 1 saturated heterocycles. The molecule has 3 heterocycles. The number of aromatic amines is 1. The molecular weight excluding hydrogens is 524 g/mol. The largest absolute Gasteiger partial charge is 0.466 e. The number of hydrogen-bond donors (Lipinski definition) is 2. The highest BCUT2D eigenvalue weighted by Crippen LogP contribution is 2.29. The Kier molecular flexibility index (Phi) is 10.6. The lowest BCUT2D eigenvalue weighted by atomic mass is 10.1. The Morgan fingerprint density at radius 3 is 2.45 bits per heavy atom. The molecule has 0 saturated carbocycles. The molecule has 1 aliphatic rings. The van der Waals surface area contributed by atoms with E-state index < -0.39 is 0 Å². The van der Waals surface area contributed by atoms with Crippen LogP contribution in [0.3, 0.4) is 0 Å². The van der Waals surface area contributed by atoms with E-state index in [0.717, 1.165) is 80.2 Å². The highest BCUT2D eigenvalue weighted by Gasteiger charge is 2.17. The van der Waals surface area contributed by atoms with Crippen molar-refractivity contribution in [2.45, 2.75) is 58.5 Å². The van der Waals surface area contributed by atoms with E-state index in [1.54, 1.807) is 6.33 Å². The zero-order valence-corrected chi connectivity index (χ0v) is 25.0. The first kappa shape index (κ1) is 29.7. The van der Waals surface area contributed by atoms with Gasteiger partial charge in [0.1, 0.15) is 17.8 Å². The Morgan fingerprint density at radius 1 is 0.952 bits per heavy atom. The molecule has 8 nitrogen and oxygen atoms in total. The van der Waals surface area contributed by atoms with Crippen LogP contribution in [0.4, 0.5) is 5.82 Å². The van der Waals surface area contributed by atoms with Gasteiger partial charge in [-0.2, -0.15) is 0 Å². The number of rotatable bonds is 14. The van der Waals surface area contributed by atoms with Gasteiger partial charge < -0.3 is 19.9 Å². The molecule has 2 aromatic carbocycles. The van der Waals surface area contributed by atoms with Gasteiger partial charge in [0.05, 0.1) is 12.0 Å². The summed E-state index contributed by atoms with van der Waals surface area (Å²) in [5.74, 6) is 0.774. The first-order valence-corrected chi connectivity index (χ1v) is 15.4. The van der Waals surface area contributed by atoms with Crippen molar-refractivity contribution in [3.05, 3.63) is 78.1 Å². The zero-order valence-electron chi connectivity index (χ0n) is 25.0. The second kappa shape index (κ2) is 14.9. The third kappa shape index (κ3) is 8.17. The van der Waals surface area contributed by atoms with E-state index in [4.69, 9.17) is 4.74 Å². The molecule has 1 aliphatic heterocycles. The SMILES string of the molecule is CCOC(=O)CCCCCCN1CCN(Cc2ccc(-c3cc4c(NC(C)c5ccccc5)ncnc4[nH]3)cc2)CC1. The van der Waals surface area contributed by atoms with Crippen LogP contribution in [-0.4, -0.2) is 70.1 Å². The van der Waals surface area contributed by atoms with Gasteiger partial charge in [0.15, 0.2) is 0 Å². The summed E-state index contributed by atoms with van der Waals surface area (Å²) in [6, 6.07) is 21.6. The molecule has 0 aliphatic carbocycles. The Morgan fingerprint density at radius 2 is 1.69 bits per heavy atom. The second-order valence-electron chi connectivity index (χ2n) is 11.2. The first-order valence-electron chi connectivity index (χ1n) is 15.4. The van der Waals surface area contributed by atoms with Crippen molar-refractivity contribution in [1.29, 1.82) is 0 Å². The number of fused-ring (bicyclic) bond motifs is 1. The molecule has 2 N–H and O–H groups in total. The van der Waals surface area contributed by atoms with Crippen molar-refractivity contribution < 1.29 is 9.53 Å². The van der Waals surface area contributed by atoms with Gasteiger partial charge in [-0.15, -0.1) is 0 Å². The smallest absolute Gasteiger partial charge is 0.305 e. The normalized spacial score (nSPS) is 15.1. The second-order valence-corrected chi connectivity index (χ2v) is 11.2. The van der Waals surface area contributed by atoms with E-state index in [1.807, 2.05) is 13.0 Å². The molecule has 8 heteroatoms. The molecular formula is C34H44N6O2. The summed E-state index contributed by atoms with van der Waals surface area (Å²) in [5.41, 5.74) is 5.58. The topological polar surface area (TPSA) is 86.4 Å². The number of aromatic nitrogens is 3. The molecule has 0 radical (unpaired) electrons. The van der Waals surface area contributed by atoms with Crippen molar-refractivity contribution in [3.63, 3.8) is 0 Å². The minimum absolute atomic E-state index is 0.0630. The number of H-pyrrole nitrogens is 1. The van der Waals surface area contributed by atoms with Gasteiger partial charge in [-0.3, -0.25) is 9.69 Å². The number of unbranched alkanes of at least 4 members (excludes halogenated alkanes) is 3. The Balaban J connectivity index is 1.08. The summed E-state index contributed by atoms with van der Waals surface area (Å²) in [7, 11) is 0. The fourth-order valence-corrected chi connectivity index (χ4v) is 5.65. The summed E-state index contributed by atoms with van der Waals surface area (Å²) in [5, 5.41) is 4.55. The minimum atomic E-state index is -0.0630. The molecule has 222 valence electrons. The third-order valence-electron chi connectivity index (χ3n) is 8.13. The standard InChI is InChI=1S/C34H44N6O2/c1-3-42-32(41)13-9-4-5-10-18-39-19-21-40(22-20-39)24-27-14-16-29(17-15-27)31-23-30-33(35-25-36-34(30)38-31)37-26(2)28-11-7-6-8-12-28/h6-8,11-12,14-17,23,25-26H,3-5,9-10,13,18-22,24H2,1-2H3,(H2,35,36,37,38). The summed E-state index contributed by atoms with van der Waals surface area (Å²) in [4.78, 5) is 29.1. The highest BCUT2D eigenvalue weighted by molar-refractivity contribution is 5.91. The molecule has 0 spiro atoms. The molecule has 1 atom stereocenters. The molecule has 2 aromatic heterocycles. The van der Waals surface area contributed by atoms with Gasteiger partial charge in [-0.05, 0) is 56.0 Å². The maximum absolute atomic E-state index is 11.4. The molecule has 42 heavy (non-hydrogen) atoms. The van der Waals surface area contributed by atoms with Crippen molar-refractivity contribution in [2.75, 3.05) is 44.6 Å². The number of ether oxygens (including phenoxy) is 1. The molecule has 1 unspecified atom stereocenters. The minimum Gasteiger partial charge on any atom is -0.466 e. The van der Waals surface area contributed by atoms with E-state index in [-0.39, 0.29) is 12.0 Å². The third-order valence-corrected chi connectivity index (χ3v) is 8.13. The fraction of sp³-hybridized carbons (Fsp3) is 0.441. The number of carbonyl (C=O) groups excluding carboxylic acids is 1. The van der Waals surface area contributed by atoms with Crippen molar-refractivity contribution in [1.82, 2.24) is 24.8 Å². The number of nitrogens with one attached hydrogen (secondary N) is 2. The lowest BCUT2D eigenvalue weighted by Crippen LogP contribution is -2.46. The number of benzene rings is 2.